The first-order valence-corrected chi connectivity index (χ1v) is 6.77. The van der Waals surface area contributed by atoms with Crippen LogP contribution < -0.4 is 0 Å². The number of rotatable bonds is 3. The van der Waals surface area contributed by atoms with Gasteiger partial charge < -0.3 is 9.63 Å². The van der Waals surface area contributed by atoms with Crippen molar-refractivity contribution in [2.75, 3.05) is 0 Å². The van der Waals surface area contributed by atoms with Crippen molar-refractivity contribution in [2.45, 2.75) is 37.7 Å². The molecule has 0 aromatic carbocycles. The Labute approximate surface area is 103 Å². The molecule has 2 aromatic rings. The van der Waals surface area contributed by atoms with Crippen LogP contribution in [-0.2, 0) is 6.42 Å². The molecule has 4 nitrogen and oxygen atoms in total. The summed E-state index contributed by atoms with van der Waals surface area (Å²) < 4.78 is 5.20. The van der Waals surface area contributed by atoms with Gasteiger partial charge >= 0.3 is 0 Å². The highest BCUT2D eigenvalue weighted by molar-refractivity contribution is 7.08. The zero-order valence-corrected chi connectivity index (χ0v) is 10.2. The Kier molecular flexibility index (Phi) is 2.72. The van der Waals surface area contributed by atoms with Gasteiger partial charge in [-0.05, 0) is 24.3 Å². The van der Waals surface area contributed by atoms with E-state index in [1.54, 1.807) is 11.3 Å². The molecule has 2 aromatic heterocycles. The molecule has 0 atom stereocenters. The molecule has 2 heterocycles. The molecule has 0 aliphatic heterocycles. The maximum absolute atomic E-state index is 10.3. The molecule has 1 fully saturated rings. The van der Waals surface area contributed by atoms with E-state index in [1.807, 2.05) is 16.8 Å². The summed E-state index contributed by atoms with van der Waals surface area (Å²) in [6.07, 6.45) is 4.32. The van der Waals surface area contributed by atoms with E-state index < -0.39 is 5.60 Å². The predicted octanol–water partition coefficient (Wildman–Crippen LogP) is 2.65. The van der Waals surface area contributed by atoms with Crippen LogP contribution in [0.5, 0.6) is 0 Å². The summed E-state index contributed by atoms with van der Waals surface area (Å²) in [4.78, 5) is 4.33. The second kappa shape index (κ2) is 4.23. The van der Waals surface area contributed by atoms with Crippen molar-refractivity contribution in [3.8, 4) is 11.4 Å². The third kappa shape index (κ3) is 2.25. The average molecular weight is 250 g/mol. The van der Waals surface area contributed by atoms with E-state index in [0.29, 0.717) is 18.1 Å². The van der Waals surface area contributed by atoms with Crippen LogP contribution in [0.4, 0.5) is 0 Å². The number of hydrogen-bond donors (Lipinski definition) is 1. The molecule has 0 spiro atoms. The number of aliphatic hydroxyl groups is 1. The van der Waals surface area contributed by atoms with E-state index in [1.165, 1.54) is 0 Å². The topological polar surface area (TPSA) is 59.2 Å². The second-order valence-corrected chi connectivity index (χ2v) is 5.41. The van der Waals surface area contributed by atoms with Crippen molar-refractivity contribution in [1.29, 1.82) is 0 Å². The van der Waals surface area contributed by atoms with E-state index in [0.717, 1.165) is 31.2 Å². The van der Waals surface area contributed by atoms with Crippen LogP contribution in [0.2, 0.25) is 0 Å². The summed E-state index contributed by atoms with van der Waals surface area (Å²) in [6.45, 7) is 0. The van der Waals surface area contributed by atoms with Crippen molar-refractivity contribution in [3.05, 3.63) is 22.7 Å². The summed E-state index contributed by atoms with van der Waals surface area (Å²) >= 11 is 1.60. The quantitative estimate of drug-likeness (QED) is 0.909. The Morgan fingerprint density at radius 3 is 2.94 bits per heavy atom. The molecule has 3 rings (SSSR count). The maximum Gasteiger partial charge on any atom is 0.229 e. The molecule has 90 valence electrons. The summed E-state index contributed by atoms with van der Waals surface area (Å²) in [5.41, 5.74) is 0.349. The van der Waals surface area contributed by atoms with Crippen molar-refractivity contribution in [1.82, 2.24) is 10.1 Å². The SMILES string of the molecule is OC1(Cc2nc(-c3ccsc3)no2)CCCC1. The van der Waals surface area contributed by atoms with Gasteiger partial charge in [-0.3, -0.25) is 0 Å². The van der Waals surface area contributed by atoms with E-state index in [9.17, 15) is 5.11 Å². The number of hydrogen-bond acceptors (Lipinski definition) is 5. The van der Waals surface area contributed by atoms with Crippen LogP contribution in [0.1, 0.15) is 31.6 Å². The van der Waals surface area contributed by atoms with Gasteiger partial charge in [0.1, 0.15) is 0 Å². The minimum atomic E-state index is -0.627. The van der Waals surface area contributed by atoms with Gasteiger partial charge in [-0.15, -0.1) is 0 Å². The van der Waals surface area contributed by atoms with E-state index >= 15 is 0 Å². The summed E-state index contributed by atoms with van der Waals surface area (Å²) in [6, 6.07) is 1.96. The monoisotopic (exact) mass is 250 g/mol. The van der Waals surface area contributed by atoms with Gasteiger partial charge in [-0.1, -0.05) is 18.0 Å². The zero-order chi connectivity index (χ0) is 11.7. The minimum absolute atomic E-state index is 0.476. The standard InChI is InChI=1S/C12H14N2O2S/c15-12(4-1-2-5-12)7-10-13-11(14-16-10)9-3-6-17-8-9/h3,6,8,15H,1-2,4-5,7H2. The van der Waals surface area contributed by atoms with Crippen molar-refractivity contribution < 1.29 is 9.63 Å². The predicted molar refractivity (Wildman–Crippen MR) is 64.7 cm³/mol. The fourth-order valence-corrected chi connectivity index (χ4v) is 2.96. The number of aromatic nitrogens is 2. The molecule has 0 amide bonds. The largest absolute Gasteiger partial charge is 0.389 e. The van der Waals surface area contributed by atoms with Gasteiger partial charge in [0.15, 0.2) is 0 Å². The molecule has 1 saturated carbocycles. The maximum atomic E-state index is 10.3. The molecule has 1 aliphatic rings. The highest BCUT2D eigenvalue weighted by atomic mass is 32.1. The van der Waals surface area contributed by atoms with Gasteiger partial charge in [0.2, 0.25) is 11.7 Å². The zero-order valence-electron chi connectivity index (χ0n) is 9.43. The van der Waals surface area contributed by atoms with Gasteiger partial charge in [-0.25, -0.2) is 0 Å². The number of nitrogens with zero attached hydrogens (tertiary/aromatic N) is 2. The average Bonchev–Trinajstić information content (AvgIpc) is 2.98. The van der Waals surface area contributed by atoms with Crippen LogP contribution in [-0.4, -0.2) is 20.8 Å². The Balaban J connectivity index is 1.77. The van der Waals surface area contributed by atoms with Crippen LogP contribution in [0.3, 0.4) is 0 Å². The van der Waals surface area contributed by atoms with Crippen LogP contribution >= 0.6 is 11.3 Å². The lowest BCUT2D eigenvalue weighted by molar-refractivity contribution is 0.0402. The van der Waals surface area contributed by atoms with Gasteiger partial charge in [0.05, 0.1) is 12.0 Å². The molecule has 5 heteroatoms. The molecular formula is C12H14N2O2S. The summed E-state index contributed by atoms with van der Waals surface area (Å²) in [7, 11) is 0. The molecule has 17 heavy (non-hydrogen) atoms. The van der Waals surface area contributed by atoms with Crippen molar-refractivity contribution >= 4 is 11.3 Å². The van der Waals surface area contributed by atoms with Crippen LogP contribution in [0.25, 0.3) is 11.4 Å². The lowest BCUT2D eigenvalue weighted by Crippen LogP contribution is -2.27. The Morgan fingerprint density at radius 2 is 2.24 bits per heavy atom. The molecular weight excluding hydrogens is 236 g/mol. The summed E-state index contributed by atoms with van der Waals surface area (Å²) in [5.74, 6) is 1.15. The van der Waals surface area contributed by atoms with E-state index in [2.05, 4.69) is 10.1 Å². The Morgan fingerprint density at radius 1 is 1.41 bits per heavy atom. The van der Waals surface area contributed by atoms with Crippen molar-refractivity contribution in [3.63, 3.8) is 0 Å². The first-order valence-electron chi connectivity index (χ1n) is 5.83. The smallest absolute Gasteiger partial charge is 0.229 e. The first-order chi connectivity index (χ1) is 8.25. The highest BCUT2D eigenvalue weighted by Crippen LogP contribution is 2.32. The highest BCUT2D eigenvalue weighted by Gasteiger charge is 2.33. The normalized spacial score (nSPS) is 18.6. The van der Waals surface area contributed by atoms with Crippen molar-refractivity contribution in [2.24, 2.45) is 0 Å². The third-order valence-corrected chi connectivity index (χ3v) is 3.95. The first kappa shape index (κ1) is 10.9. The van der Waals surface area contributed by atoms with Crippen LogP contribution in [0.15, 0.2) is 21.3 Å². The molecule has 0 unspecified atom stereocenters. The molecule has 1 aliphatic carbocycles. The lowest BCUT2D eigenvalue weighted by Gasteiger charge is -2.18. The minimum Gasteiger partial charge on any atom is -0.389 e. The summed E-state index contributed by atoms with van der Waals surface area (Å²) in [5, 5.41) is 18.2. The van der Waals surface area contributed by atoms with E-state index in [-0.39, 0.29) is 0 Å². The lowest BCUT2D eigenvalue weighted by atomic mass is 9.98. The molecule has 0 radical (unpaired) electrons. The van der Waals surface area contributed by atoms with E-state index in [4.69, 9.17) is 4.52 Å². The Bertz CT molecular complexity index is 486. The van der Waals surface area contributed by atoms with Gasteiger partial charge in [0.25, 0.3) is 0 Å². The fourth-order valence-electron chi connectivity index (χ4n) is 2.33. The second-order valence-electron chi connectivity index (χ2n) is 4.63. The van der Waals surface area contributed by atoms with Gasteiger partial charge in [0, 0.05) is 10.9 Å². The molecule has 1 N–H and O–H groups in total. The van der Waals surface area contributed by atoms with Gasteiger partial charge in [-0.2, -0.15) is 16.3 Å². The Hall–Kier alpha value is -1.20. The molecule has 0 bridgehead atoms. The van der Waals surface area contributed by atoms with Crippen LogP contribution in [0, 0.1) is 0 Å². The molecule has 0 saturated heterocycles. The fraction of sp³-hybridized carbons (Fsp3) is 0.500. The number of thiophene rings is 1. The third-order valence-electron chi connectivity index (χ3n) is 3.26.